The first kappa shape index (κ1) is 26.5. The maximum absolute atomic E-state index is 9.73. The molecule has 3 heteroatoms. The highest BCUT2D eigenvalue weighted by Gasteiger charge is 2.61. The van der Waals surface area contributed by atoms with Crippen molar-refractivity contribution in [3.8, 4) is 12.1 Å². The first-order valence-corrected chi connectivity index (χ1v) is 14.9. The van der Waals surface area contributed by atoms with E-state index in [2.05, 4.69) is 57.7 Å². The second-order valence-electron chi connectivity index (χ2n) is 14.0. The Bertz CT molecular complexity index is 1080. The Balaban J connectivity index is 1.28. The van der Waals surface area contributed by atoms with Crippen molar-refractivity contribution < 1.29 is 0 Å². The molecule has 4 saturated carbocycles. The minimum Gasteiger partial charge on any atom is -0.327 e. The summed E-state index contributed by atoms with van der Waals surface area (Å²) in [5, 5.41) is 19.0. The molecule has 0 heterocycles. The molecular weight excluding hydrogens is 450 g/mol. The quantitative estimate of drug-likeness (QED) is 0.392. The lowest BCUT2D eigenvalue weighted by atomic mass is 9.46. The zero-order valence-electron chi connectivity index (χ0n) is 23.4. The van der Waals surface area contributed by atoms with Gasteiger partial charge in [-0.05, 0) is 110 Å². The molecule has 198 valence electrons. The van der Waals surface area contributed by atoms with E-state index in [1.54, 1.807) is 5.57 Å². The Kier molecular flexibility index (Phi) is 7.09. The first-order chi connectivity index (χ1) is 17.6. The molecule has 11 unspecified atom stereocenters. The number of rotatable bonds is 5. The Morgan fingerprint density at radius 2 is 1.97 bits per heavy atom. The number of hydrogen-bond donors (Lipinski definition) is 1. The van der Waals surface area contributed by atoms with Crippen molar-refractivity contribution in [2.75, 3.05) is 0 Å². The van der Waals surface area contributed by atoms with E-state index >= 15 is 0 Å². The van der Waals surface area contributed by atoms with Crippen molar-refractivity contribution >= 4 is 0 Å². The molecule has 0 spiro atoms. The van der Waals surface area contributed by atoms with Gasteiger partial charge in [-0.25, -0.2) is 0 Å². The van der Waals surface area contributed by atoms with Crippen LogP contribution in [0.4, 0.5) is 0 Å². The smallest absolute Gasteiger partial charge is 0.0658 e. The molecule has 0 aliphatic heterocycles. The lowest BCUT2D eigenvalue weighted by Gasteiger charge is -2.59. The molecule has 0 aromatic carbocycles. The van der Waals surface area contributed by atoms with Gasteiger partial charge in [-0.3, -0.25) is 0 Å². The van der Waals surface area contributed by atoms with Crippen LogP contribution in [-0.4, -0.2) is 6.04 Å². The SMILES string of the molecule is C=C1C=CC2(C)C(=C1)CCC1C2C(N)CC2(C)C(C(=C)CCC3CC(C#N)C(C)C(CC#N)C3)CCC12. The zero-order chi connectivity index (χ0) is 26.5. The first-order valence-electron chi connectivity index (χ1n) is 14.9. The minimum absolute atomic E-state index is 0.0787. The normalized spacial score (nSPS) is 46.6. The molecule has 5 rings (SSSR count). The minimum atomic E-state index is 0.0787. The fraction of sp³-hybridized carbons (Fsp3) is 0.706. The lowest BCUT2D eigenvalue weighted by molar-refractivity contribution is -0.0423. The van der Waals surface area contributed by atoms with Gasteiger partial charge in [-0.1, -0.05) is 63.3 Å². The third-order valence-electron chi connectivity index (χ3n) is 12.1. The van der Waals surface area contributed by atoms with E-state index in [0.717, 1.165) is 43.6 Å². The van der Waals surface area contributed by atoms with Crippen molar-refractivity contribution in [3.63, 3.8) is 0 Å². The number of hydrogen-bond acceptors (Lipinski definition) is 3. The number of nitriles is 2. The van der Waals surface area contributed by atoms with Crippen LogP contribution in [-0.2, 0) is 0 Å². The Morgan fingerprint density at radius 1 is 1.19 bits per heavy atom. The third-order valence-corrected chi connectivity index (χ3v) is 12.1. The van der Waals surface area contributed by atoms with Gasteiger partial charge in [0.25, 0.3) is 0 Å². The molecule has 37 heavy (non-hydrogen) atoms. The van der Waals surface area contributed by atoms with Gasteiger partial charge in [0.15, 0.2) is 0 Å². The lowest BCUT2D eigenvalue weighted by Crippen LogP contribution is -2.58. The van der Waals surface area contributed by atoms with Crippen molar-refractivity contribution in [2.24, 2.45) is 63.9 Å². The van der Waals surface area contributed by atoms with Crippen LogP contribution in [0, 0.1) is 80.8 Å². The molecule has 5 aliphatic rings. The maximum atomic E-state index is 9.73. The van der Waals surface area contributed by atoms with Gasteiger partial charge in [0.05, 0.1) is 12.1 Å². The standard InChI is InChI=1S/C34H47N3/c1-21-12-14-33(4)27(16-21)8-9-28-30-11-10-29(34(30,5)19-31(37)32(28)33)22(2)6-7-24-17-25(13-15-35)23(3)26(18-24)20-36/h12,14,16,23-26,28-32H,1-2,6-11,13,17-19,37H2,3-5H3. The Morgan fingerprint density at radius 3 is 2.70 bits per heavy atom. The molecule has 4 fully saturated rings. The monoisotopic (exact) mass is 497 g/mol. The van der Waals surface area contributed by atoms with E-state index in [0.29, 0.717) is 41.9 Å². The molecule has 5 aliphatic carbocycles. The van der Waals surface area contributed by atoms with E-state index in [-0.39, 0.29) is 22.8 Å². The van der Waals surface area contributed by atoms with Crippen LogP contribution in [0.25, 0.3) is 0 Å². The number of nitrogens with two attached hydrogens (primary N) is 1. The maximum Gasteiger partial charge on any atom is 0.0658 e. The predicted octanol–water partition coefficient (Wildman–Crippen LogP) is 7.89. The van der Waals surface area contributed by atoms with Crippen LogP contribution in [0.3, 0.4) is 0 Å². The van der Waals surface area contributed by atoms with Crippen molar-refractivity contribution in [3.05, 3.63) is 48.1 Å². The second kappa shape index (κ2) is 9.89. The summed E-state index contributed by atoms with van der Waals surface area (Å²) in [6.45, 7) is 16.0. The number of allylic oxidation sites excluding steroid dienone is 6. The van der Waals surface area contributed by atoms with Gasteiger partial charge in [0, 0.05) is 23.8 Å². The number of fused-ring (bicyclic) bond motifs is 5. The summed E-state index contributed by atoms with van der Waals surface area (Å²) in [5.41, 5.74) is 11.6. The van der Waals surface area contributed by atoms with E-state index in [1.807, 2.05) is 0 Å². The zero-order valence-corrected chi connectivity index (χ0v) is 23.4. The summed E-state index contributed by atoms with van der Waals surface area (Å²) in [4.78, 5) is 0. The number of nitrogens with zero attached hydrogens (tertiary/aromatic N) is 2. The van der Waals surface area contributed by atoms with Crippen LogP contribution < -0.4 is 5.73 Å². The second-order valence-corrected chi connectivity index (χ2v) is 14.0. The predicted molar refractivity (Wildman–Crippen MR) is 151 cm³/mol. The highest BCUT2D eigenvalue weighted by molar-refractivity contribution is 5.44. The Labute approximate surface area is 225 Å². The van der Waals surface area contributed by atoms with Gasteiger partial charge < -0.3 is 5.73 Å². The van der Waals surface area contributed by atoms with E-state index in [1.165, 1.54) is 31.3 Å². The topological polar surface area (TPSA) is 73.6 Å². The average Bonchev–Trinajstić information content (AvgIpc) is 3.21. The molecule has 0 saturated heterocycles. The van der Waals surface area contributed by atoms with E-state index in [9.17, 15) is 10.5 Å². The highest BCUT2D eigenvalue weighted by atomic mass is 14.8. The van der Waals surface area contributed by atoms with Crippen LogP contribution in [0.1, 0.15) is 85.0 Å². The molecule has 0 aromatic rings. The van der Waals surface area contributed by atoms with Crippen molar-refractivity contribution in [2.45, 2.75) is 91.0 Å². The van der Waals surface area contributed by atoms with Crippen LogP contribution >= 0.6 is 0 Å². The van der Waals surface area contributed by atoms with Gasteiger partial charge in [0.1, 0.15) is 0 Å². The summed E-state index contributed by atoms with van der Waals surface area (Å²) in [6, 6.07) is 5.15. The van der Waals surface area contributed by atoms with Crippen molar-refractivity contribution in [1.82, 2.24) is 0 Å². The molecule has 0 amide bonds. The summed E-state index contributed by atoms with van der Waals surface area (Å²) in [7, 11) is 0. The van der Waals surface area contributed by atoms with E-state index < -0.39 is 0 Å². The fourth-order valence-electron chi connectivity index (χ4n) is 10.2. The summed E-state index contributed by atoms with van der Waals surface area (Å²) in [5.74, 6) is 3.81. The van der Waals surface area contributed by atoms with Gasteiger partial charge in [-0.2, -0.15) is 10.5 Å². The fourth-order valence-corrected chi connectivity index (χ4v) is 10.2. The molecule has 2 N–H and O–H groups in total. The van der Waals surface area contributed by atoms with Crippen LogP contribution in [0.15, 0.2) is 48.1 Å². The summed E-state index contributed by atoms with van der Waals surface area (Å²) < 4.78 is 0. The van der Waals surface area contributed by atoms with Crippen molar-refractivity contribution in [1.29, 1.82) is 10.5 Å². The average molecular weight is 498 g/mol. The molecule has 0 radical (unpaired) electrons. The van der Waals surface area contributed by atoms with Gasteiger partial charge in [-0.15, -0.1) is 0 Å². The van der Waals surface area contributed by atoms with Gasteiger partial charge in [0.2, 0.25) is 0 Å². The van der Waals surface area contributed by atoms with Crippen LogP contribution in [0.2, 0.25) is 0 Å². The highest BCUT2D eigenvalue weighted by Crippen LogP contribution is 2.67. The Hall–Kier alpha value is -2.10. The van der Waals surface area contributed by atoms with Gasteiger partial charge >= 0.3 is 0 Å². The largest absolute Gasteiger partial charge is 0.327 e. The summed E-state index contributed by atoms with van der Waals surface area (Å²) >= 11 is 0. The molecule has 3 nitrogen and oxygen atoms in total. The van der Waals surface area contributed by atoms with E-state index in [4.69, 9.17) is 12.3 Å². The summed E-state index contributed by atoms with van der Waals surface area (Å²) in [6.07, 6.45) is 17.9. The molecular formula is C34H47N3. The third kappa shape index (κ3) is 4.36. The molecule has 0 aromatic heterocycles. The molecule has 11 atom stereocenters. The van der Waals surface area contributed by atoms with Crippen LogP contribution in [0.5, 0.6) is 0 Å². The molecule has 0 bridgehead atoms.